The predicted octanol–water partition coefficient (Wildman–Crippen LogP) is 2.67. The van der Waals surface area contributed by atoms with Gasteiger partial charge < -0.3 is 4.74 Å². The standard InChI is InChI=1S/C13H9FN2O/c14-13-6-5-12(8-16-13)17-9-11-4-2-1-3-10(11)7-15/h1-6,8H,9H2. The SMILES string of the molecule is N#Cc1ccccc1COc1ccc(F)nc1. The van der Waals surface area contributed by atoms with Gasteiger partial charge in [-0.15, -0.1) is 0 Å². The van der Waals surface area contributed by atoms with Crippen molar-refractivity contribution < 1.29 is 9.13 Å². The number of ether oxygens (including phenoxy) is 1. The first-order valence-electron chi connectivity index (χ1n) is 5.02. The zero-order valence-corrected chi connectivity index (χ0v) is 8.93. The molecule has 1 heterocycles. The van der Waals surface area contributed by atoms with Crippen molar-refractivity contribution in [2.75, 3.05) is 0 Å². The summed E-state index contributed by atoms with van der Waals surface area (Å²) in [4.78, 5) is 3.48. The minimum atomic E-state index is -0.547. The lowest BCUT2D eigenvalue weighted by Gasteiger charge is -2.06. The third-order valence-electron chi connectivity index (χ3n) is 2.23. The maximum Gasteiger partial charge on any atom is 0.213 e. The van der Waals surface area contributed by atoms with E-state index < -0.39 is 5.95 Å². The molecule has 0 bridgehead atoms. The minimum absolute atomic E-state index is 0.261. The Kier molecular flexibility index (Phi) is 3.31. The molecule has 0 aliphatic rings. The van der Waals surface area contributed by atoms with Crippen LogP contribution in [0.2, 0.25) is 0 Å². The second-order valence-electron chi connectivity index (χ2n) is 3.37. The molecule has 84 valence electrons. The fourth-order valence-electron chi connectivity index (χ4n) is 1.36. The van der Waals surface area contributed by atoms with Crippen LogP contribution in [0.5, 0.6) is 5.75 Å². The molecular weight excluding hydrogens is 219 g/mol. The van der Waals surface area contributed by atoms with Crippen molar-refractivity contribution in [1.82, 2.24) is 4.98 Å². The number of nitrogens with zero attached hydrogens (tertiary/aromatic N) is 2. The molecule has 0 saturated heterocycles. The van der Waals surface area contributed by atoms with Crippen molar-refractivity contribution in [2.24, 2.45) is 0 Å². The highest BCUT2D eigenvalue weighted by Gasteiger charge is 2.02. The van der Waals surface area contributed by atoms with E-state index in [4.69, 9.17) is 10.00 Å². The smallest absolute Gasteiger partial charge is 0.213 e. The quantitative estimate of drug-likeness (QED) is 0.759. The van der Waals surface area contributed by atoms with E-state index in [1.807, 2.05) is 12.1 Å². The summed E-state index contributed by atoms with van der Waals surface area (Å²) in [6, 6.07) is 12.0. The van der Waals surface area contributed by atoms with Crippen LogP contribution in [-0.2, 0) is 6.61 Å². The highest BCUT2D eigenvalue weighted by Crippen LogP contribution is 2.13. The molecular formula is C13H9FN2O. The molecule has 0 unspecified atom stereocenters. The first kappa shape index (κ1) is 11.1. The largest absolute Gasteiger partial charge is 0.487 e. The Morgan fingerprint density at radius 1 is 1.24 bits per heavy atom. The summed E-state index contributed by atoms with van der Waals surface area (Å²) in [7, 11) is 0. The van der Waals surface area contributed by atoms with E-state index >= 15 is 0 Å². The van der Waals surface area contributed by atoms with Gasteiger partial charge in [-0.05, 0) is 18.2 Å². The van der Waals surface area contributed by atoms with E-state index in [0.29, 0.717) is 11.3 Å². The van der Waals surface area contributed by atoms with Crippen molar-refractivity contribution in [3.05, 3.63) is 59.7 Å². The number of rotatable bonds is 3. The lowest BCUT2D eigenvalue weighted by atomic mass is 10.1. The highest BCUT2D eigenvalue weighted by atomic mass is 19.1. The van der Waals surface area contributed by atoms with E-state index in [-0.39, 0.29) is 6.61 Å². The molecule has 0 fully saturated rings. The van der Waals surface area contributed by atoms with Crippen molar-refractivity contribution in [1.29, 1.82) is 5.26 Å². The fourth-order valence-corrected chi connectivity index (χ4v) is 1.36. The van der Waals surface area contributed by atoms with Gasteiger partial charge in [0.1, 0.15) is 12.4 Å². The summed E-state index contributed by atoms with van der Waals surface area (Å²) in [5.41, 5.74) is 1.36. The lowest BCUT2D eigenvalue weighted by molar-refractivity contribution is 0.303. The molecule has 0 saturated carbocycles. The summed E-state index contributed by atoms with van der Waals surface area (Å²) in [6.07, 6.45) is 1.31. The molecule has 0 radical (unpaired) electrons. The maximum atomic E-state index is 12.6. The van der Waals surface area contributed by atoms with Crippen LogP contribution in [0.15, 0.2) is 42.6 Å². The molecule has 0 amide bonds. The first-order chi connectivity index (χ1) is 8.29. The van der Waals surface area contributed by atoms with Gasteiger partial charge in [0.2, 0.25) is 5.95 Å². The summed E-state index contributed by atoms with van der Waals surface area (Å²) >= 11 is 0. The molecule has 0 atom stereocenters. The zero-order chi connectivity index (χ0) is 12.1. The Hall–Kier alpha value is -2.41. The molecule has 2 rings (SSSR count). The Morgan fingerprint density at radius 2 is 2.06 bits per heavy atom. The predicted molar refractivity (Wildman–Crippen MR) is 59.7 cm³/mol. The van der Waals surface area contributed by atoms with Gasteiger partial charge in [0.05, 0.1) is 17.8 Å². The van der Waals surface area contributed by atoms with Crippen molar-refractivity contribution in [2.45, 2.75) is 6.61 Å². The number of pyridine rings is 1. The topological polar surface area (TPSA) is 45.9 Å². The van der Waals surface area contributed by atoms with Crippen LogP contribution in [0.25, 0.3) is 0 Å². The molecule has 17 heavy (non-hydrogen) atoms. The molecule has 0 spiro atoms. The van der Waals surface area contributed by atoms with Gasteiger partial charge in [-0.25, -0.2) is 4.98 Å². The third-order valence-corrected chi connectivity index (χ3v) is 2.23. The van der Waals surface area contributed by atoms with Crippen LogP contribution in [0, 0.1) is 17.3 Å². The maximum absolute atomic E-state index is 12.6. The van der Waals surface area contributed by atoms with Gasteiger partial charge >= 0.3 is 0 Å². The summed E-state index contributed by atoms with van der Waals surface area (Å²) in [5.74, 6) is -0.0751. The van der Waals surface area contributed by atoms with Crippen LogP contribution in [-0.4, -0.2) is 4.98 Å². The normalized spacial score (nSPS) is 9.65. The van der Waals surface area contributed by atoms with Crippen molar-refractivity contribution in [3.63, 3.8) is 0 Å². The number of hydrogen-bond donors (Lipinski definition) is 0. The Balaban J connectivity index is 2.08. The average molecular weight is 228 g/mol. The molecule has 0 aliphatic heterocycles. The van der Waals surface area contributed by atoms with E-state index in [1.54, 1.807) is 12.1 Å². The van der Waals surface area contributed by atoms with E-state index in [1.165, 1.54) is 18.3 Å². The van der Waals surface area contributed by atoms with Gasteiger partial charge in [0.25, 0.3) is 0 Å². The van der Waals surface area contributed by atoms with Crippen molar-refractivity contribution >= 4 is 0 Å². The van der Waals surface area contributed by atoms with E-state index in [2.05, 4.69) is 11.1 Å². The minimum Gasteiger partial charge on any atom is -0.487 e. The third kappa shape index (κ3) is 2.79. The molecule has 2 aromatic rings. The van der Waals surface area contributed by atoms with E-state index in [9.17, 15) is 4.39 Å². The van der Waals surface area contributed by atoms with Crippen LogP contribution >= 0.6 is 0 Å². The molecule has 3 nitrogen and oxygen atoms in total. The fraction of sp³-hybridized carbons (Fsp3) is 0.0769. The molecule has 4 heteroatoms. The van der Waals surface area contributed by atoms with Crippen LogP contribution in [0.3, 0.4) is 0 Å². The molecule has 0 N–H and O–H groups in total. The van der Waals surface area contributed by atoms with Gasteiger partial charge in [-0.2, -0.15) is 9.65 Å². The Bertz CT molecular complexity index is 546. The summed E-state index contributed by atoms with van der Waals surface area (Å²) in [6.45, 7) is 0.261. The summed E-state index contributed by atoms with van der Waals surface area (Å²) in [5, 5.41) is 8.88. The first-order valence-corrected chi connectivity index (χ1v) is 5.02. The monoisotopic (exact) mass is 228 g/mol. The van der Waals surface area contributed by atoms with Gasteiger partial charge in [0, 0.05) is 5.56 Å². The van der Waals surface area contributed by atoms with E-state index in [0.717, 1.165) is 5.56 Å². The van der Waals surface area contributed by atoms with Gasteiger partial charge in [-0.1, -0.05) is 18.2 Å². The number of hydrogen-bond acceptors (Lipinski definition) is 3. The Morgan fingerprint density at radius 3 is 2.76 bits per heavy atom. The number of benzene rings is 1. The second-order valence-corrected chi connectivity index (χ2v) is 3.37. The highest BCUT2D eigenvalue weighted by molar-refractivity contribution is 5.37. The molecule has 0 aliphatic carbocycles. The lowest BCUT2D eigenvalue weighted by Crippen LogP contribution is -1.98. The zero-order valence-electron chi connectivity index (χ0n) is 8.93. The van der Waals surface area contributed by atoms with Crippen molar-refractivity contribution in [3.8, 4) is 11.8 Å². The van der Waals surface area contributed by atoms with Gasteiger partial charge in [0.15, 0.2) is 0 Å². The average Bonchev–Trinajstić information content (AvgIpc) is 2.38. The second kappa shape index (κ2) is 5.08. The van der Waals surface area contributed by atoms with Crippen LogP contribution < -0.4 is 4.74 Å². The number of nitriles is 1. The van der Waals surface area contributed by atoms with Crippen LogP contribution in [0.4, 0.5) is 4.39 Å². The van der Waals surface area contributed by atoms with Crippen LogP contribution in [0.1, 0.15) is 11.1 Å². The number of aromatic nitrogens is 1. The number of halogens is 1. The Labute approximate surface area is 98.1 Å². The molecule has 1 aromatic carbocycles. The molecule has 1 aromatic heterocycles. The van der Waals surface area contributed by atoms with Gasteiger partial charge in [-0.3, -0.25) is 0 Å². The summed E-state index contributed by atoms with van der Waals surface area (Å²) < 4.78 is 18.0.